The highest BCUT2D eigenvalue weighted by Gasteiger charge is 2.37. The maximum absolute atomic E-state index is 14.6. The Labute approximate surface area is 555 Å². The van der Waals surface area contributed by atoms with Gasteiger partial charge in [-0.15, -0.1) is 11.6 Å². The second-order valence-electron chi connectivity index (χ2n) is 22.8. The van der Waals surface area contributed by atoms with E-state index in [1.54, 1.807) is 84.1 Å². The molecule has 0 saturated carbocycles. The number of ether oxygens (including phenoxy) is 4. The summed E-state index contributed by atoms with van der Waals surface area (Å²) in [6.07, 6.45) is 3.46. The van der Waals surface area contributed by atoms with Crippen LogP contribution >= 0.6 is 11.6 Å². The van der Waals surface area contributed by atoms with E-state index >= 15 is 0 Å². The summed E-state index contributed by atoms with van der Waals surface area (Å²) in [6, 6.07) is 18.6. The standard InChI is InChI=1S/C65H75ClN14O16/c1-38(2)56(75-63(90)94-31-30-93-29-28-79-52(82)21-22-53(79)83)59(86)74-47(10-6-23-69-61(67)88)58(85)71-43-15-11-40(12-16-43)37-95-64(91)76(4)26-27-77(25-7-24-70-62(68)89)65(92)96-50-32-49-55(54-39(3)8-5-9-46(50)54)42(33-66)34-80(49)60(87)48-36-78-35-44(17-20-51(78)73-48)72-57(84)41-13-18-45(81)19-14-41/h5,8-9,11-22,32,35-36,38,42,47,56,81H,6-7,10,23-31,33-34,37H2,1-4H3,(H,71,85)(H,72,84)(H,74,86)(H,75,90)(H3,67,69,88)(H3,68,70,89)/t42-,47+,56+/m1/s1. The maximum Gasteiger partial charge on any atom is 0.415 e. The molecule has 96 heavy (non-hydrogen) atoms. The number of nitrogens with two attached hydrogens (primary N) is 2. The molecule has 8 rings (SSSR count). The number of likely N-dealkylation sites (N-methyl/N-ethyl adjacent to an activating group) is 1. The van der Waals surface area contributed by atoms with Crippen LogP contribution in [0.4, 0.5) is 41.0 Å². The lowest BCUT2D eigenvalue weighted by atomic mass is 9.92. The molecule has 0 radical (unpaired) electrons. The minimum atomic E-state index is -1.17. The number of fused-ring (bicyclic) bond motifs is 4. The fraction of sp³-hybridized carbons (Fsp3) is 0.354. The fourth-order valence-corrected chi connectivity index (χ4v) is 10.8. The molecule has 0 bridgehead atoms. The molecule has 2 aliphatic rings. The number of alkyl carbamates (subject to hydrolysis) is 1. The number of rotatable bonds is 30. The van der Waals surface area contributed by atoms with Crippen molar-refractivity contribution in [1.82, 2.24) is 45.4 Å². The van der Waals surface area contributed by atoms with Crippen LogP contribution in [0.1, 0.15) is 76.6 Å². The maximum atomic E-state index is 14.6. The van der Waals surface area contributed by atoms with E-state index in [1.807, 2.05) is 19.1 Å². The van der Waals surface area contributed by atoms with E-state index in [9.17, 15) is 57.8 Å². The lowest BCUT2D eigenvalue weighted by molar-refractivity contribution is -0.137. The monoisotopic (exact) mass is 1340 g/mol. The van der Waals surface area contributed by atoms with E-state index in [0.717, 1.165) is 33.6 Å². The zero-order valence-electron chi connectivity index (χ0n) is 53.1. The zero-order chi connectivity index (χ0) is 69.2. The number of hydrogen-bond acceptors (Lipinski definition) is 17. The van der Waals surface area contributed by atoms with Crippen LogP contribution in [-0.4, -0.2) is 186 Å². The number of aromatic nitrogens is 2. The van der Waals surface area contributed by atoms with E-state index < -0.39 is 83.8 Å². The topological polar surface area (TPSA) is 399 Å². The Morgan fingerprint density at radius 3 is 2.16 bits per heavy atom. The van der Waals surface area contributed by atoms with Crippen molar-refractivity contribution >= 4 is 111 Å². The number of imidazole rings is 1. The Hall–Kier alpha value is -11.0. The number of nitrogens with one attached hydrogen (secondary N) is 6. The number of anilines is 3. The Morgan fingerprint density at radius 2 is 1.47 bits per heavy atom. The number of phenols is 1. The summed E-state index contributed by atoms with van der Waals surface area (Å²) in [7, 11) is 1.48. The van der Waals surface area contributed by atoms with Crippen LogP contribution in [0.25, 0.3) is 16.4 Å². The van der Waals surface area contributed by atoms with Crippen molar-refractivity contribution in [2.24, 2.45) is 17.4 Å². The Bertz CT molecular complexity index is 3900. The number of phenolic OH excluding ortho intramolecular Hbond substituents is 1. The second-order valence-corrected chi connectivity index (χ2v) is 23.1. The third kappa shape index (κ3) is 18.9. The van der Waals surface area contributed by atoms with Crippen molar-refractivity contribution in [2.45, 2.75) is 64.6 Å². The molecular weight excluding hydrogens is 1270 g/mol. The Kier molecular flexibility index (Phi) is 24.5. The number of imide groups is 1. The first-order valence-corrected chi connectivity index (χ1v) is 31.2. The molecular formula is C65H75ClN14O16. The van der Waals surface area contributed by atoms with Gasteiger partial charge in [-0.25, -0.2) is 29.0 Å². The third-order valence-electron chi connectivity index (χ3n) is 15.5. The average molecular weight is 1340 g/mol. The summed E-state index contributed by atoms with van der Waals surface area (Å²) < 4.78 is 24.0. The van der Waals surface area contributed by atoms with Crippen molar-refractivity contribution in [3.63, 3.8) is 0 Å². The van der Waals surface area contributed by atoms with Crippen molar-refractivity contribution in [3.05, 3.63) is 137 Å². The number of aryl methyl sites for hydroxylation is 1. The lowest BCUT2D eigenvalue weighted by Gasteiger charge is -2.26. The summed E-state index contributed by atoms with van der Waals surface area (Å²) >= 11 is 6.65. The number of pyridine rings is 1. The predicted octanol–water partition coefficient (Wildman–Crippen LogP) is 5.43. The van der Waals surface area contributed by atoms with Gasteiger partial charge in [-0.3, -0.25) is 33.7 Å². The van der Waals surface area contributed by atoms with Gasteiger partial charge in [-0.2, -0.15) is 0 Å². The predicted molar refractivity (Wildman–Crippen MR) is 351 cm³/mol. The van der Waals surface area contributed by atoms with Crippen LogP contribution < -0.4 is 53.0 Å². The molecule has 0 spiro atoms. The number of benzene rings is 4. The highest BCUT2D eigenvalue weighted by atomic mass is 35.5. The van der Waals surface area contributed by atoms with E-state index in [0.29, 0.717) is 39.2 Å². The second kappa shape index (κ2) is 33.2. The van der Waals surface area contributed by atoms with E-state index in [-0.39, 0.29) is 120 Å². The number of urea groups is 2. The lowest BCUT2D eigenvalue weighted by Crippen LogP contribution is -2.54. The SMILES string of the molecule is Cc1cccc2c(OC(=O)N(CCCNC(N)=O)CCN(C)C(=O)OCc3ccc(NC(=O)[C@H](CCCNC(N)=O)NC(=O)[C@@H](NC(=O)OCCOCCN4C(=O)C=CC4=O)C(C)C)cc3)cc3c(c12)[C@H](CCl)CN3C(=O)c1cn2cc(NC(=O)c3ccc(O)cc3)ccc2n1. The van der Waals surface area contributed by atoms with Gasteiger partial charge in [-0.1, -0.05) is 44.2 Å². The Morgan fingerprint density at radius 1 is 0.771 bits per heavy atom. The van der Waals surface area contributed by atoms with Gasteiger partial charge in [0.05, 0.1) is 31.1 Å². The molecule has 6 aromatic rings. The Balaban J connectivity index is 0.875. The van der Waals surface area contributed by atoms with Gasteiger partial charge in [0.2, 0.25) is 11.8 Å². The van der Waals surface area contributed by atoms with Crippen LogP contribution in [-0.2, 0) is 40.0 Å². The van der Waals surface area contributed by atoms with E-state index in [2.05, 4.69) is 36.9 Å². The highest BCUT2D eigenvalue weighted by Crippen LogP contribution is 2.47. The summed E-state index contributed by atoms with van der Waals surface area (Å²) in [5.41, 5.74) is 14.7. The number of carbonyl (C=O) groups excluding carboxylic acids is 11. The molecule has 30 nitrogen and oxygen atoms in total. The van der Waals surface area contributed by atoms with Crippen LogP contribution in [0.15, 0.2) is 109 Å². The molecule has 31 heteroatoms. The molecule has 0 saturated heterocycles. The van der Waals surface area contributed by atoms with Gasteiger partial charge in [0.25, 0.3) is 23.6 Å². The van der Waals surface area contributed by atoms with Gasteiger partial charge < -0.3 is 86.5 Å². The van der Waals surface area contributed by atoms with E-state index in [1.165, 1.54) is 41.1 Å². The smallest absolute Gasteiger partial charge is 0.415 e. The molecule has 13 amide bonds. The molecule has 508 valence electrons. The fourth-order valence-electron chi connectivity index (χ4n) is 10.5. The molecule has 2 aliphatic heterocycles. The molecule has 0 unspecified atom stereocenters. The number of nitrogens with zero attached hydrogens (tertiary/aromatic N) is 6. The highest BCUT2D eigenvalue weighted by molar-refractivity contribution is 6.19. The molecule has 2 aromatic heterocycles. The van der Waals surface area contributed by atoms with Gasteiger partial charge >= 0.3 is 30.3 Å². The minimum absolute atomic E-state index is 0.00536. The minimum Gasteiger partial charge on any atom is -0.508 e. The van der Waals surface area contributed by atoms with Gasteiger partial charge in [0.1, 0.15) is 48.1 Å². The number of hydrogen-bond donors (Lipinski definition) is 9. The number of primary amides is 2. The molecule has 4 heterocycles. The van der Waals surface area contributed by atoms with Crippen LogP contribution in [0, 0.1) is 12.8 Å². The van der Waals surface area contributed by atoms with Crippen molar-refractivity contribution < 1.29 is 76.8 Å². The number of carbonyl (C=O) groups is 11. The number of halogens is 1. The first-order chi connectivity index (χ1) is 46.0. The van der Waals surface area contributed by atoms with Crippen molar-refractivity contribution in [3.8, 4) is 11.5 Å². The molecule has 3 atom stereocenters. The molecule has 4 aromatic carbocycles. The van der Waals surface area contributed by atoms with Crippen LogP contribution in [0.2, 0.25) is 0 Å². The summed E-state index contributed by atoms with van der Waals surface area (Å²) in [5, 5.41) is 26.7. The summed E-state index contributed by atoms with van der Waals surface area (Å²) in [6.45, 7) is 5.08. The molecule has 11 N–H and O–H groups in total. The normalized spacial score (nSPS) is 13.8. The summed E-state index contributed by atoms with van der Waals surface area (Å²) in [4.78, 5) is 152. The van der Waals surface area contributed by atoms with Crippen molar-refractivity contribution in [1.29, 1.82) is 0 Å². The molecule has 0 fully saturated rings. The number of amides is 13. The first-order valence-electron chi connectivity index (χ1n) is 30.7. The van der Waals surface area contributed by atoms with Crippen LogP contribution in [0.5, 0.6) is 11.5 Å². The van der Waals surface area contributed by atoms with Gasteiger partial charge in [-0.05, 0) is 103 Å². The van der Waals surface area contributed by atoms with E-state index in [4.69, 9.17) is 42.0 Å². The quantitative estimate of drug-likeness (QED) is 0.0154. The summed E-state index contributed by atoms with van der Waals surface area (Å²) in [5.74, 6) is -3.64. The number of aromatic hydroxyl groups is 1. The number of alkyl halides is 1. The van der Waals surface area contributed by atoms with Gasteiger partial charge in [0, 0.05) is 105 Å². The molecule has 0 aliphatic carbocycles. The van der Waals surface area contributed by atoms with Crippen LogP contribution in [0.3, 0.4) is 0 Å². The van der Waals surface area contributed by atoms with Crippen molar-refractivity contribution in [2.75, 3.05) is 94.1 Å². The zero-order valence-corrected chi connectivity index (χ0v) is 53.9. The average Bonchev–Trinajstić information content (AvgIpc) is 1.54. The largest absolute Gasteiger partial charge is 0.508 e. The third-order valence-corrected chi connectivity index (χ3v) is 15.9. The van der Waals surface area contributed by atoms with Gasteiger partial charge in [0.15, 0.2) is 0 Å². The first kappa shape index (κ1) is 70.9.